The molecule has 1 atom stereocenters. The number of aliphatic hydroxyl groups is 1. The minimum absolute atomic E-state index is 0.120. The third kappa shape index (κ3) is 7.62. The van der Waals surface area contributed by atoms with Crippen LogP contribution in [0.5, 0.6) is 11.6 Å². The highest BCUT2D eigenvalue weighted by atomic mass is 16.5. The van der Waals surface area contributed by atoms with Gasteiger partial charge in [0.2, 0.25) is 5.88 Å². The number of aliphatic imine (C=N–C) groups is 1. The Labute approximate surface area is 173 Å². The van der Waals surface area contributed by atoms with Crippen LogP contribution in [-0.2, 0) is 6.54 Å². The van der Waals surface area contributed by atoms with Gasteiger partial charge >= 0.3 is 0 Å². The summed E-state index contributed by atoms with van der Waals surface area (Å²) < 4.78 is 11.2. The fraction of sp³-hybridized carbons (Fsp3) is 0.455. The Morgan fingerprint density at radius 3 is 2.55 bits per heavy atom. The first-order valence-corrected chi connectivity index (χ1v) is 10.1. The summed E-state index contributed by atoms with van der Waals surface area (Å²) in [6, 6.07) is 11.3. The van der Waals surface area contributed by atoms with Crippen LogP contribution in [0.2, 0.25) is 0 Å². The van der Waals surface area contributed by atoms with Gasteiger partial charge in [0.05, 0.1) is 25.4 Å². The highest BCUT2D eigenvalue weighted by molar-refractivity contribution is 5.79. The monoisotopic (exact) mass is 400 g/mol. The molecule has 0 amide bonds. The highest BCUT2D eigenvalue weighted by Gasteiger charge is 2.10. The lowest BCUT2D eigenvalue weighted by Crippen LogP contribution is -2.39. The van der Waals surface area contributed by atoms with Crippen LogP contribution in [0.4, 0.5) is 0 Å². The van der Waals surface area contributed by atoms with E-state index in [9.17, 15) is 5.11 Å². The SMILES string of the molecule is CCNC(=NCc1cccnc1OCC)NCC(O)c1ccc(OC(C)C)cc1. The molecule has 29 heavy (non-hydrogen) atoms. The van der Waals surface area contributed by atoms with Gasteiger partial charge in [0, 0.05) is 24.8 Å². The second-order valence-corrected chi connectivity index (χ2v) is 6.73. The predicted octanol–water partition coefficient (Wildman–Crippen LogP) is 3.06. The molecule has 2 aromatic rings. The third-order valence-corrected chi connectivity index (χ3v) is 3.98. The quantitative estimate of drug-likeness (QED) is 0.420. The lowest BCUT2D eigenvalue weighted by atomic mass is 10.1. The molecule has 1 unspecified atom stereocenters. The molecule has 0 fully saturated rings. The fourth-order valence-corrected chi connectivity index (χ4v) is 2.67. The molecule has 1 aromatic heterocycles. The van der Waals surface area contributed by atoms with Crippen molar-refractivity contribution in [1.82, 2.24) is 15.6 Å². The van der Waals surface area contributed by atoms with E-state index in [0.717, 1.165) is 16.9 Å². The van der Waals surface area contributed by atoms with Crippen molar-refractivity contribution < 1.29 is 14.6 Å². The number of rotatable bonds is 10. The van der Waals surface area contributed by atoms with E-state index in [1.807, 2.05) is 64.1 Å². The number of hydrogen-bond acceptors (Lipinski definition) is 5. The zero-order chi connectivity index (χ0) is 21.1. The van der Waals surface area contributed by atoms with Crippen molar-refractivity contribution in [2.45, 2.75) is 46.4 Å². The number of aromatic nitrogens is 1. The fourth-order valence-electron chi connectivity index (χ4n) is 2.67. The van der Waals surface area contributed by atoms with Crippen LogP contribution >= 0.6 is 0 Å². The molecule has 1 heterocycles. The van der Waals surface area contributed by atoms with Crippen molar-refractivity contribution in [3.05, 3.63) is 53.7 Å². The topological polar surface area (TPSA) is 88.0 Å². The van der Waals surface area contributed by atoms with E-state index in [4.69, 9.17) is 9.47 Å². The molecule has 0 aliphatic rings. The number of nitrogens with one attached hydrogen (secondary N) is 2. The van der Waals surface area contributed by atoms with Gasteiger partial charge in [-0.25, -0.2) is 9.98 Å². The number of nitrogens with zero attached hydrogens (tertiary/aromatic N) is 2. The maximum absolute atomic E-state index is 10.5. The van der Waals surface area contributed by atoms with Crippen molar-refractivity contribution in [2.75, 3.05) is 19.7 Å². The molecule has 0 bridgehead atoms. The standard InChI is InChI=1S/C22H32N4O3/c1-5-23-22(25-14-18-8-7-13-24-21(18)28-6-2)26-15-20(27)17-9-11-19(12-10-17)29-16(3)4/h7-13,16,20,27H,5-6,14-15H2,1-4H3,(H2,23,25,26). The van der Waals surface area contributed by atoms with E-state index in [1.54, 1.807) is 6.20 Å². The molecule has 3 N–H and O–H groups in total. The van der Waals surface area contributed by atoms with E-state index < -0.39 is 6.10 Å². The van der Waals surface area contributed by atoms with Gasteiger partial charge in [-0.1, -0.05) is 18.2 Å². The molecule has 0 aliphatic carbocycles. The highest BCUT2D eigenvalue weighted by Crippen LogP contribution is 2.18. The first-order valence-electron chi connectivity index (χ1n) is 10.1. The molecule has 2 rings (SSSR count). The van der Waals surface area contributed by atoms with Crippen molar-refractivity contribution in [3.63, 3.8) is 0 Å². The molecule has 0 saturated carbocycles. The Hall–Kier alpha value is -2.80. The van der Waals surface area contributed by atoms with Crippen molar-refractivity contribution in [1.29, 1.82) is 0 Å². The van der Waals surface area contributed by atoms with Crippen LogP contribution < -0.4 is 20.1 Å². The summed E-state index contributed by atoms with van der Waals surface area (Å²) in [5.41, 5.74) is 1.73. The molecule has 0 spiro atoms. The van der Waals surface area contributed by atoms with Crippen LogP contribution in [0.15, 0.2) is 47.6 Å². The van der Waals surface area contributed by atoms with E-state index in [-0.39, 0.29) is 6.10 Å². The van der Waals surface area contributed by atoms with Crippen LogP contribution in [0.1, 0.15) is 44.9 Å². The van der Waals surface area contributed by atoms with E-state index in [1.165, 1.54) is 0 Å². The summed E-state index contributed by atoms with van der Waals surface area (Å²) in [6.45, 7) is 9.92. The minimum atomic E-state index is -0.663. The van der Waals surface area contributed by atoms with Crippen LogP contribution in [0.25, 0.3) is 0 Å². The first kappa shape index (κ1) is 22.5. The Morgan fingerprint density at radius 1 is 1.14 bits per heavy atom. The number of ether oxygens (including phenoxy) is 2. The van der Waals surface area contributed by atoms with Gasteiger partial charge in [-0.2, -0.15) is 0 Å². The maximum atomic E-state index is 10.5. The third-order valence-electron chi connectivity index (χ3n) is 3.98. The number of hydrogen-bond donors (Lipinski definition) is 3. The van der Waals surface area contributed by atoms with Gasteiger partial charge in [-0.3, -0.25) is 0 Å². The second-order valence-electron chi connectivity index (χ2n) is 6.73. The van der Waals surface area contributed by atoms with E-state index in [0.29, 0.717) is 38.1 Å². The van der Waals surface area contributed by atoms with Crippen LogP contribution in [0, 0.1) is 0 Å². The number of aliphatic hydroxyl groups excluding tert-OH is 1. The Kier molecular flexibility index (Phi) is 9.24. The van der Waals surface area contributed by atoms with Crippen molar-refractivity contribution in [3.8, 4) is 11.6 Å². The smallest absolute Gasteiger partial charge is 0.218 e. The lowest BCUT2D eigenvalue weighted by Gasteiger charge is -2.16. The average Bonchev–Trinajstić information content (AvgIpc) is 2.71. The normalized spacial score (nSPS) is 12.6. The summed E-state index contributed by atoms with van der Waals surface area (Å²) in [5.74, 6) is 2.01. The summed E-state index contributed by atoms with van der Waals surface area (Å²) in [6.07, 6.45) is 1.16. The predicted molar refractivity (Wildman–Crippen MR) is 115 cm³/mol. The molecular weight excluding hydrogens is 368 g/mol. The summed E-state index contributed by atoms with van der Waals surface area (Å²) in [5, 5.41) is 16.9. The summed E-state index contributed by atoms with van der Waals surface area (Å²) >= 11 is 0. The van der Waals surface area contributed by atoms with Crippen molar-refractivity contribution >= 4 is 5.96 Å². The van der Waals surface area contributed by atoms with Crippen LogP contribution in [-0.4, -0.2) is 41.9 Å². The van der Waals surface area contributed by atoms with Gasteiger partial charge in [-0.05, 0) is 51.5 Å². The molecule has 7 nitrogen and oxygen atoms in total. The van der Waals surface area contributed by atoms with Gasteiger partial charge in [0.15, 0.2) is 5.96 Å². The number of pyridine rings is 1. The van der Waals surface area contributed by atoms with Gasteiger partial charge in [0.25, 0.3) is 0 Å². The van der Waals surface area contributed by atoms with Gasteiger partial charge in [-0.15, -0.1) is 0 Å². The summed E-state index contributed by atoms with van der Waals surface area (Å²) in [4.78, 5) is 8.83. The molecular formula is C22H32N4O3. The second kappa shape index (κ2) is 11.9. The number of guanidine groups is 1. The molecule has 1 aromatic carbocycles. The maximum Gasteiger partial charge on any atom is 0.218 e. The van der Waals surface area contributed by atoms with Crippen molar-refractivity contribution in [2.24, 2.45) is 4.99 Å². The Balaban J connectivity index is 1.97. The first-order chi connectivity index (χ1) is 14.0. The Morgan fingerprint density at radius 2 is 1.90 bits per heavy atom. The average molecular weight is 401 g/mol. The molecule has 7 heteroatoms. The van der Waals surface area contributed by atoms with Gasteiger partial charge in [0.1, 0.15) is 5.75 Å². The molecule has 158 valence electrons. The van der Waals surface area contributed by atoms with E-state index >= 15 is 0 Å². The molecule has 0 aliphatic heterocycles. The zero-order valence-electron chi connectivity index (χ0n) is 17.7. The molecule has 0 radical (unpaired) electrons. The molecule has 0 saturated heterocycles. The minimum Gasteiger partial charge on any atom is -0.491 e. The van der Waals surface area contributed by atoms with Gasteiger partial charge < -0.3 is 25.2 Å². The lowest BCUT2D eigenvalue weighted by molar-refractivity contribution is 0.180. The Bertz CT molecular complexity index is 763. The van der Waals surface area contributed by atoms with Crippen LogP contribution in [0.3, 0.4) is 0 Å². The summed E-state index contributed by atoms with van der Waals surface area (Å²) in [7, 11) is 0. The van der Waals surface area contributed by atoms with E-state index in [2.05, 4.69) is 20.6 Å². The number of benzene rings is 1. The zero-order valence-corrected chi connectivity index (χ0v) is 17.7. The largest absolute Gasteiger partial charge is 0.491 e.